The zero-order chi connectivity index (χ0) is 23.9. The number of hydrogen-bond donors (Lipinski definition) is 0. The van der Waals surface area contributed by atoms with Gasteiger partial charge in [-0.2, -0.15) is 0 Å². The van der Waals surface area contributed by atoms with Crippen LogP contribution in [0.2, 0.25) is 0 Å². The molecule has 0 bridgehead atoms. The lowest BCUT2D eigenvalue weighted by Gasteiger charge is -2.40. The third kappa shape index (κ3) is 4.17. The van der Waals surface area contributed by atoms with Gasteiger partial charge in [0.1, 0.15) is 17.4 Å². The van der Waals surface area contributed by atoms with Crippen molar-refractivity contribution in [2.45, 2.75) is 30.6 Å². The number of fused-ring (bicyclic) bond motifs is 1. The molecular weight excluding hydrogens is 452 g/mol. The third-order valence-electron chi connectivity index (χ3n) is 6.91. The van der Waals surface area contributed by atoms with Crippen molar-refractivity contribution in [2.24, 2.45) is 0 Å². The molecule has 180 valence electrons. The largest absolute Gasteiger partial charge is 0.495 e. The number of aromatic nitrogens is 2. The van der Waals surface area contributed by atoms with E-state index in [0.29, 0.717) is 11.5 Å². The lowest BCUT2D eigenvalue weighted by atomic mass is 9.75. The van der Waals surface area contributed by atoms with E-state index >= 15 is 0 Å². The highest BCUT2D eigenvalue weighted by molar-refractivity contribution is 6.24. The first-order valence-electron chi connectivity index (χ1n) is 11.7. The van der Waals surface area contributed by atoms with Gasteiger partial charge in [-0.25, -0.2) is 9.97 Å². The van der Waals surface area contributed by atoms with E-state index in [-0.39, 0.29) is 10.8 Å². The van der Waals surface area contributed by atoms with Gasteiger partial charge in [0, 0.05) is 48.4 Å². The van der Waals surface area contributed by atoms with Crippen LogP contribution >= 0.6 is 11.6 Å². The summed E-state index contributed by atoms with van der Waals surface area (Å²) < 4.78 is 16.7. The first-order chi connectivity index (χ1) is 16.4. The number of rotatable bonds is 6. The third-order valence-corrected chi connectivity index (χ3v) is 7.22. The van der Waals surface area contributed by atoms with Gasteiger partial charge in [0.05, 0.1) is 32.5 Å². The van der Waals surface area contributed by atoms with Gasteiger partial charge in [0.25, 0.3) is 0 Å². The fourth-order valence-corrected chi connectivity index (χ4v) is 5.45. The first-order valence-corrected chi connectivity index (χ1v) is 12.1. The molecule has 3 aromatic rings. The number of piperazine rings is 1. The number of methoxy groups -OCH3 is 3. The summed E-state index contributed by atoms with van der Waals surface area (Å²) in [6.45, 7) is 5.51. The van der Waals surface area contributed by atoms with Crippen LogP contribution in [0.1, 0.15) is 31.5 Å². The van der Waals surface area contributed by atoms with E-state index in [1.807, 2.05) is 24.3 Å². The molecule has 5 rings (SSSR count). The number of alkyl halides is 1. The number of hydrogen-bond acceptors (Lipinski definition) is 7. The van der Waals surface area contributed by atoms with E-state index in [1.54, 1.807) is 21.3 Å². The predicted molar refractivity (Wildman–Crippen MR) is 136 cm³/mol. The summed E-state index contributed by atoms with van der Waals surface area (Å²) in [7, 11) is 5.02. The van der Waals surface area contributed by atoms with Crippen molar-refractivity contribution in [3.8, 4) is 17.2 Å². The van der Waals surface area contributed by atoms with Gasteiger partial charge in [-0.15, -0.1) is 11.6 Å². The summed E-state index contributed by atoms with van der Waals surface area (Å²) in [5.74, 6) is 4.33. The SMILES string of the molecule is COc1cc2nc([C@H]3C[C@](C)(Cl)C3)nc(N3CCN(c4ccccc4OC)CC3)c2cc1OC. The van der Waals surface area contributed by atoms with E-state index in [1.165, 1.54) is 0 Å². The van der Waals surface area contributed by atoms with Crippen molar-refractivity contribution in [3.63, 3.8) is 0 Å². The Hall–Kier alpha value is -2.93. The molecule has 8 heteroatoms. The van der Waals surface area contributed by atoms with E-state index in [4.69, 9.17) is 35.8 Å². The lowest BCUT2D eigenvalue weighted by Crippen LogP contribution is -2.47. The summed E-state index contributed by atoms with van der Waals surface area (Å²) >= 11 is 6.52. The topological polar surface area (TPSA) is 60.0 Å². The lowest BCUT2D eigenvalue weighted by molar-refractivity contribution is 0.309. The quantitative estimate of drug-likeness (QED) is 0.465. The number of nitrogens with zero attached hydrogens (tertiary/aromatic N) is 4. The van der Waals surface area contributed by atoms with Gasteiger partial charge < -0.3 is 24.0 Å². The number of halogens is 1. The van der Waals surface area contributed by atoms with Gasteiger partial charge in [0.15, 0.2) is 11.5 Å². The van der Waals surface area contributed by atoms with Crippen LogP contribution in [0.25, 0.3) is 10.9 Å². The van der Waals surface area contributed by atoms with Crippen LogP contribution in [0.4, 0.5) is 11.5 Å². The zero-order valence-electron chi connectivity index (χ0n) is 20.2. The highest BCUT2D eigenvalue weighted by Crippen LogP contribution is 2.48. The van der Waals surface area contributed by atoms with Crippen molar-refractivity contribution in [1.29, 1.82) is 0 Å². The van der Waals surface area contributed by atoms with E-state index in [9.17, 15) is 0 Å². The van der Waals surface area contributed by atoms with Gasteiger partial charge in [-0.05, 0) is 38.0 Å². The second-order valence-electron chi connectivity index (χ2n) is 9.29. The minimum Gasteiger partial charge on any atom is -0.495 e. The van der Waals surface area contributed by atoms with Crippen molar-refractivity contribution in [1.82, 2.24) is 9.97 Å². The minimum absolute atomic E-state index is 0.166. The van der Waals surface area contributed by atoms with Crippen molar-refractivity contribution >= 4 is 34.0 Å². The summed E-state index contributed by atoms with van der Waals surface area (Å²) in [6, 6.07) is 12.1. The average Bonchev–Trinajstić information content (AvgIpc) is 2.85. The fraction of sp³-hybridized carbons (Fsp3) is 0.462. The number of ether oxygens (including phenoxy) is 3. The minimum atomic E-state index is -0.166. The smallest absolute Gasteiger partial charge is 0.162 e. The van der Waals surface area contributed by atoms with Crippen LogP contribution in [-0.2, 0) is 0 Å². The fourth-order valence-electron chi connectivity index (χ4n) is 5.08. The number of anilines is 2. The van der Waals surface area contributed by atoms with Crippen LogP contribution < -0.4 is 24.0 Å². The number of benzene rings is 2. The Morgan fingerprint density at radius 2 is 1.47 bits per heavy atom. The first kappa shape index (κ1) is 22.8. The summed E-state index contributed by atoms with van der Waals surface area (Å²) in [6.07, 6.45) is 1.77. The van der Waals surface area contributed by atoms with Crippen molar-refractivity contribution < 1.29 is 14.2 Å². The molecular formula is C26H31ClN4O3. The molecule has 7 nitrogen and oxygen atoms in total. The highest BCUT2D eigenvalue weighted by Gasteiger charge is 2.41. The maximum atomic E-state index is 6.52. The second kappa shape index (κ2) is 9.02. The molecule has 0 atom stereocenters. The normalized spacial score (nSPS) is 22.4. The molecule has 0 unspecified atom stereocenters. The molecule has 0 radical (unpaired) electrons. The Balaban J connectivity index is 1.49. The van der Waals surface area contributed by atoms with Crippen molar-refractivity contribution in [3.05, 3.63) is 42.2 Å². The molecule has 2 aliphatic rings. The Morgan fingerprint density at radius 3 is 2.12 bits per heavy atom. The molecule has 1 aromatic heterocycles. The Labute approximate surface area is 205 Å². The maximum absolute atomic E-state index is 6.52. The molecule has 1 saturated carbocycles. The molecule has 1 aliphatic heterocycles. The Kier molecular flexibility index (Phi) is 6.06. The van der Waals surface area contributed by atoms with Gasteiger partial charge >= 0.3 is 0 Å². The van der Waals surface area contributed by atoms with Gasteiger partial charge in [-0.1, -0.05) is 12.1 Å². The van der Waals surface area contributed by atoms with Crippen LogP contribution in [0.15, 0.2) is 36.4 Å². The van der Waals surface area contributed by atoms with Crippen LogP contribution in [-0.4, -0.2) is 62.4 Å². The predicted octanol–water partition coefficient (Wildman–Crippen LogP) is 4.86. The maximum Gasteiger partial charge on any atom is 0.162 e. The molecule has 2 fully saturated rings. The summed E-state index contributed by atoms with van der Waals surface area (Å²) in [4.78, 5) is 14.6. The molecule has 2 heterocycles. The average molecular weight is 483 g/mol. The van der Waals surface area contributed by atoms with Gasteiger partial charge in [-0.3, -0.25) is 0 Å². The molecule has 0 N–H and O–H groups in total. The van der Waals surface area contributed by atoms with Gasteiger partial charge in [0.2, 0.25) is 0 Å². The molecule has 0 spiro atoms. The van der Waals surface area contributed by atoms with E-state index in [2.05, 4.69) is 28.9 Å². The standard InChI is InChI=1S/C26H31ClN4O3/c1-26(27)15-17(16-26)24-28-19-14-23(34-4)22(33-3)13-18(19)25(29-24)31-11-9-30(10-12-31)20-7-5-6-8-21(20)32-2/h5-8,13-14,17H,9-12,15-16H2,1-4H3/t17-,26-. The second-order valence-corrected chi connectivity index (χ2v) is 10.2. The molecule has 2 aromatic carbocycles. The summed E-state index contributed by atoms with van der Waals surface area (Å²) in [5, 5.41) is 0.972. The van der Waals surface area contributed by atoms with Crippen molar-refractivity contribution in [2.75, 3.05) is 57.3 Å². The molecule has 1 aliphatic carbocycles. The Morgan fingerprint density at radius 1 is 0.853 bits per heavy atom. The Bertz CT molecular complexity index is 1190. The van der Waals surface area contributed by atoms with Crippen LogP contribution in [0.5, 0.6) is 17.2 Å². The van der Waals surface area contributed by atoms with Crippen LogP contribution in [0, 0.1) is 0 Å². The monoisotopic (exact) mass is 482 g/mol. The van der Waals surface area contributed by atoms with E-state index in [0.717, 1.165) is 73.0 Å². The molecule has 34 heavy (non-hydrogen) atoms. The van der Waals surface area contributed by atoms with E-state index < -0.39 is 0 Å². The molecule has 0 amide bonds. The summed E-state index contributed by atoms with van der Waals surface area (Å²) in [5.41, 5.74) is 1.99. The van der Waals surface area contributed by atoms with Crippen LogP contribution in [0.3, 0.4) is 0 Å². The highest BCUT2D eigenvalue weighted by atomic mass is 35.5. The number of para-hydroxylation sites is 2. The molecule has 1 saturated heterocycles. The zero-order valence-corrected chi connectivity index (χ0v) is 20.9.